The summed E-state index contributed by atoms with van der Waals surface area (Å²) in [5.41, 5.74) is 1.19. The summed E-state index contributed by atoms with van der Waals surface area (Å²) in [5, 5.41) is 0. The van der Waals surface area contributed by atoms with Gasteiger partial charge in [-0.25, -0.2) is 13.2 Å². The van der Waals surface area contributed by atoms with Gasteiger partial charge in [-0.1, -0.05) is 51.3 Å². The van der Waals surface area contributed by atoms with Gasteiger partial charge in [-0.15, -0.1) is 0 Å². The van der Waals surface area contributed by atoms with Crippen LogP contribution in [-0.2, 0) is 19.4 Å². The predicted octanol–water partition coefficient (Wildman–Crippen LogP) is 6.29. The van der Waals surface area contributed by atoms with E-state index in [1.807, 2.05) is 30.3 Å². The largest absolute Gasteiger partial charge is 0.481 e. The number of ether oxygens (including phenoxy) is 2. The molecule has 1 atom stereocenters. The monoisotopic (exact) mass is 551 g/mol. The lowest BCUT2D eigenvalue weighted by atomic mass is 9.81. The van der Waals surface area contributed by atoms with Crippen LogP contribution in [0.25, 0.3) is 0 Å². The van der Waals surface area contributed by atoms with Crippen molar-refractivity contribution in [3.05, 3.63) is 46.9 Å². The summed E-state index contributed by atoms with van der Waals surface area (Å²) in [6, 6.07) is 13.2. The molecule has 2 aromatic rings. The Kier molecular flexibility index (Phi) is 9.04. The Hall–Kier alpha value is -2.06. The summed E-state index contributed by atoms with van der Waals surface area (Å²) in [5.74, 6) is -0.118. The van der Waals surface area contributed by atoms with Gasteiger partial charge in [-0.3, -0.25) is 0 Å². The minimum Gasteiger partial charge on any atom is -0.481 e. The van der Waals surface area contributed by atoms with Crippen LogP contribution in [0.5, 0.6) is 5.75 Å². The van der Waals surface area contributed by atoms with Crippen LogP contribution in [0.3, 0.4) is 0 Å². The molecule has 1 aliphatic rings. The van der Waals surface area contributed by atoms with Gasteiger partial charge in [0, 0.05) is 23.7 Å². The van der Waals surface area contributed by atoms with E-state index in [-0.39, 0.29) is 29.3 Å². The van der Waals surface area contributed by atoms with Gasteiger partial charge >= 0.3 is 5.97 Å². The molecule has 0 N–H and O–H groups in total. The minimum atomic E-state index is -3.62. The molecule has 3 rings (SSSR count). The van der Waals surface area contributed by atoms with Crippen LogP contribution in [0.15, 0.2) is 51.8 Å². The highest BCUT2D eigenvalue weighted by Crippen LogP contribution is 2.46. The fourth-order valence-corrected chi connectivity index (χ4v) is 7.13. The number of nitrogens with zero attached hydrogens (tertiary/aromatic N) is 1. The number of hydrogen-bond donors (Lipinski definition) is 0. The van der Waals surface area contributed by atoms with Crippen molar-refractivity contribution in [2.75, 3.05) is 30.4 Å². The molecular weight excluding hydrogens is 518 g/mol. The second-order valence-corrected chi connectivity index (χ2v) is 11.6. The van der Waals surface area contributed by atoms with E-state index in [2.05, 4.69) is 34.7 Å². The molecule has 0 radical (unpaired) electrons. The Balaban J connectivity index is 2.10. The molecule has 2 aromatic carbocycles. The highest BCUT2D eigenvalue weighted by Gasteiger charge is 2.41. The molecule has 0 fully saturated rings. The van der Waals surface area contributed by atoms with E-state index in [4.69, 9.17) is 9.47 Å². The maximum absolute atomic E-state index is 13.8. The normalized spacial score (nSPS) is 19.2. The van der Waals surface area contributed by atoms with E-state index in [0.717, 1.165) is 37.8 Å². The Morgan fingerprint density at radius 1 is 1.12 bits per heavy atom. The molecule has 1 heterocycles. The lowest BCUT2D eigenvalue weighted by molar-refractivity contribution is -0.145. The quantitative estimate of drug-likeness (QED) is 0.255. The van der Waals surface area contributed by atoms with Crippen LogP contribution in [0.1, 0.15) is 52.9 Å². The number of sulfone groups is 1. The van der Waals surface area contributed by atoms with Crippen molar-refractivity contribution in [3.8, 4) is 5.75 Å². The van der Waals surface area contributed by atoms with E-state index in [9.17, 15) is 13.2 Å². The van der Waals surface area contributed by atoms with Crippen molar-refractivity contribution in [3.63, 3.8) is 0 Å². The molecule has 6 nitrogen and oxygen atoms in total. The second kappa shape index (κ2) is 11.6. The van der Waals surface area contributed by atoms with Crippen molar-refractivity contribution >= 4 is 43.1 Å². The molecule has 0 spiro atoms. The zero-order valence-corrected chi connectivity index (χ0v) is 22.6. The average molecular weight is 553 g/mol. The number of rotatable bonds is 10. The minimum absolute atomic E-state index is 0.0789. The van der Waals surface area contributed by atoms with Crippen molar-refractivity contribution < 1.29 is 22.7 Å². The van der Waals surface area contributed by atoms with Gasteiger partial charge in [-0.05, 0) is 53.9 Å². The standard InChI is InChI=1S/C26H34BrNO5S/c1-4-7-11-14-26(5-2)18-28(20-12-9-8-10-13-20)22-15-21(27)23(33-17-25(29)32-6-3)16-24(22)34(30,31)19-26/h8-10,12-13,15-16H,4-7,11,14,17-19H2,1-3H3. The first-order valence-corrected chi connectivity index (χ1v) is 14.4. The van der Waals surface area contributed by atoms with Crippen molar-refractivity contribution in [1.29, 1.82) is 0 Å². The summed E-state index contributed by atoms with van der Waals surface area (Å²) in [7, 11) is -3.62. The first kappa shape index (κ1) is 26.5. The van der Waals surface area contributed by atoms with Crippen molar-refractivity contribution in [2.24, 2.45) is 5.41 Å². The molecule has 0 bridgehead atoms. The SMILES string of the molecule is CCCCCC1(CC)CN(c2ccccc2)c2cc(Br)c(OCC(=O)OCC)cc2S(=O)(=O)C1. The van der Waals surface area contributed by atoms with Gasteiger partial charge in [0.15, 0.2) is 16.4 Å². The van der Waals surface area contributed by atoms with Gasteiger partial charge in [0.2, 0.25) is 0 Å². The number of para-hydroxylation sites is 1. The van der Waals surface area contributed by atoms with Crippen LogP contribution >= 0.6 is 15.9 Å². The highest BCUT2D eigenvalue weighted by atomic mass is 79.9. The first-order valence-electron chi connectivity index (χ1n) is 11.9. The molecule has 34 heavy (non-hydrogen) atoms. The Morgan fingerprint density at radius 3 is 2.50 bits per heavy atom. The summed E-state index contributed by atoms with van der Waals surface area (Å²) in [4.78, 5) is 14.1. The second-order valence-electron chi connectivity index (χ2n) is 8.84. The number of hydrogen-bond acceptors (Lipinski definition) is 6. The number of fused-ring (bicyclic) bond motifs is 1. The molecule has 0 aliphatic carbocycles. The summed E-state index contributed by atoms with van der Waals surface area (Å²) < 4.78 is 38.7. The number of benzene rings is 2. The molecule has 0 aromatic heterocycles. The third-order valence-corrected chi connectivity index (χ3v) is 9.02. The number of esters is 1. The zero-order chi connectivity index (χ0) is 24.8. The van der Waals surface area contributed by atoms with Gasteiger partial charge in [0.1, 0.15) is 5.75 Å². The lowest BCUT2D eigenvalue weighted by Crippen LogP contribution is -2.37. The zero-order valence-electron chi connectivity index (χ0n) is 20.2. The third kappa shape index (κ3) is 6.13. The molecule has 8 heteroatoms. The molecular formula is C26H34BrNO5S. The van der Waals surface area contributed by atoms with Gasteiger partial charge < -0.3 is 14.4 Å². The topological polar surface area (TPSA) is 72.9 Å². The number of halogens is 1. The fourth-order valence-electron chi connectivity index (χ4n) is 4.51. The van der Waals surface area contributed by atoms with Crippen molar-refractivity contribution in [1.82, 2.24) is 0 Å². The fraction of sp³-hybridized carbons (Fsp3) is 0.500. The van der Waals surface area contributed by atoms with E-state index in [1.54, 1.807) is 19.1 Å². The summed E-state index contributed by atoms with van der Waals surface area (Å²) in [6.07, 6.45) is 4.78. The molecule has 1 unspecified atom stereocenters. The van der Waals surface area contributed by atoms with Gasteiger partial charge in [0.05, 0.1) is 27.4 Å². The smallest absolute Gasteiger partial charge is 0.344 e. The van der Waals surface area contributed by atoms with E-state index in [1.165, 1.54) is 0 Å². The Morgan fingerprint density at radius 2 is 1.85 bits per heavy atom. The summed E-state index contributed by atoms with van der Waals surface area (Å²) in [6.45, 7) is 6.55. The van der Waals surface area contributed by atoms with Crippen LogP contribution in [-0.4, -0.2) is 39.9 Å². The molecule has 186 valence electrons. The van der Waals surface area contributed by atoms with Gasteiger partial charge in [-0.2, -0.15) is 0 Å². The average Bonchev–Trinajstić information content (AvgIpc) is 2.91. The first-order chi connectivity index (χ1) is 16.2. The van der Waals surface area contributed by atoms with Crippen LogP contribution in [0.4, 0.5) is 11.4 Å². The number of unbranched alkanes of at least 4 members (excludes halogenated alkanes) is 2. The maximum Gasteiger partial charge on any atom is 0.344 e. The van der Waals surface area contributed by atoms with Crippen molar-refractivity contribution in [2.45, 2.75) is 57.8 Å². The predicted molar refractivity (Wildman–Crippen MR) is 139 cm³/mol. The summed E-state index contributed by atoms with van der Waals surface area (Å²) >= 11 is 3.53. The van der Waals surface area contributed by atoms with Crippen LogP contribution in [0.2, 0.25) is 0 Å². The van der Waals surface area contributed by atoms with E-state index >= 15 is 0 Å². The Bertz CT molecular complexity index is 1090. The third-order valence-electron chi connectivity index (χ3n) is 6.41. The van der Waals surface area contributed by atoms with Crippen LogP contribution < -0.4 is 9.64 Å². The number of anilines is 2. The molecule has 0 saturated carbocycles. The molecule has 1 aliphatic heterocycles. The van der Waals surface area contributed by atoms with E-state index < -0.39 is 15.8 Å². The number of carbonyl (C=O) groups is 1. The molecule has 0 saturated heterocycles. The van der Waals surface area contributed by atoms with Crippen LogP contribution in [0, 0.1) is 5.41 Å². The lowest BCUT2D eigenvalue weighted by Gasteiger charge is -2.36. The highest BCUT2D eigenvalue weighted by molar-refractivity contribution is 9.10. The Labute approximate surface area is 211 Å². The molecule has 0 amide bonds. The van der Waals surface area contributed by atoms with E-state index in [0.29, 0.717) is 22.5 Å². The van der Waals surface area contributed by atoms with Gasteiger partial charge in [0.25, 0.3) is 0 Å². The maximum atomic E-state index is 13.8. The number of carbonyl (C=O) groups excluding carboxylic acids is 1.